The number of halogens is 1. The maximum absolute atomic E-state index is 11.9. The Morgan fingerprint density at radius 1 is 1.42 bits per heavy atom. The maximum atomic E-state index is 11.9. The summed E-state index contributed by atoms with van der Waals surface area (Å²) < 4.78 is 35.8. The fourth-order valence-corrected chi connectivity index (χ4v) is 1.01. The Bertz CT molecular complexity index is 376. The van der Waals surface area contributed by atoms with Gasteiger partial charge in [-0.3, -0.25) is 0 Å². The Labute approximate surface area is 69.2 Å². The monoisotopic (exact) mass is 191 g/mol. The summed E-state index contributed by atoms with van der Waals surface area (Å²) in [7, 11) is -4.95. The molecular formula is C6H6FNO3S. The van der Waals surface area contributed by atoms with Gasteiger partial charge in [-0.1, -0.05) is 9.95 Å². The van der Waals surface area contributed by atoms with Gasteiger partial charge >= 0.3 is 10.5 Å². The van der Waals surface area contributed by atoms with Crippen LogP contribution in [-0.4, -0.2) is 8.42 Å². The van der Waals surface area contributed by atoms with Crippen molar-refractivity contribution in [1.29, 1.82) is 0 Å². The van der Waals surface area contributed by atoms with Gasteiger partial charge in [-0.15, -0.1) is 0 Å². The molecule has 0 bridgehead atoms. The lowest BCUT2D eigenvalue weighted by Gasteiger charge is -1.99. The Morgan fingerprint density at radius 2 is 2.08 bits per heavy atom. The second-order valence-electron chi connectivity index (χ2n) is 2.05. The Hall–Kier alpha value is -1.30. The average Bonchev–Trinajstić information content (AvgIpc) is 1.82. The second-order valence-corrected chi connectivity index (χ2v) is 3.00. The van der Waals surface area contributed by atoms with Gasteiger partial charge in [0.2, 0.25) is 0 Å². The molecule has 0 fully saturated rings. The SMILES string of the molecule is Nc1cccc(OS(=O)(=O)F)c1. The number of benzene rings is 1. The molecule has 4 nitrogen and oxygen atoms in total. The van der Waals surface area contributed by atoms with E-state index in [1.54, 1.807) is 0 Å². The van der Waals surface area contributed by atoms with Crippen molar-refractivity contribution in [3.8, 4) is 5.75 Å². The minimum atomic E-state index is -4.95. The van der Waals surface area contributed by atoms with Crippen LogP contribution in [0.3, 0.4) is 0 Å². The molecular weight excluding hydrogens is 185 g/mol. The Balaban J connectivity index is 2.91. The van der Waals surface area contributed by atoms with Crippen LogP contribution < -0.4 is 9.92 Å². The maximum Gasteiger partial charge on any atom is 0.488 e. The van der Waals surface area contributed by atoms with Gasteiger partial charge < -0.3 is 9.92 Å². The lowest BCUT2D eigenvalue weighted by Crippen LogP contribution is -2.01. The van der Waals surface area contributed by atoms with Gasteiger partial charge in [-0.05, 0) is 12.1 Å². The summed E-state index contributed by atoms with van der Waals surface area (Å²) in [6.45, 7) is 0. The molecule has 66 valence electrons. The molecule has 0 radical (unpaired) electrons. The van der Waals surface area contributed by atoms with E-state index in [4.69, 9.17) is 5.73 Å². The van der Waals surface area contributed by atoms with Gasteiger partial charge in [0.15, 0.2) is 0 Å². The van der Waals surface area contributed by atoms with E-state index >= 15 is 0 Å². The molecule has 0 aliphatic carbocycles. The van der Waals surface area contributed by atoms with Crippen LogP contribution in [0.1, 0.15) is 0 Å². The molecule has 0 aromatic heterocycles. The fourth-order valence-electron chi connectivity index (χ4n) is 0.681. The summed E-state index contributed by atoms with van der Waals surface area (Å²) in [6, 6.07) is 5.47. The van der Waals surface area contributed by atoms with E-state index in [9.17, 15) is 12.3 Å². The summed E-state index contributed by atoms with van der Waals surface area (Å²) in [4.78, 5) is 0. The highest BCUT2D eigenvalue weighted by Crippen LogP contribution is 2.16. The Kier molecular flexibility index (Phi) is 2.18. The summed E-state index contributed by atoms with van der Waals surface area (Å²) in [6.07, 6.45) is 0. The Morgan fingerprint density at radius 3 is 2.58 bits per heavy atom. The van der Waals surface area contributed by atoms with Crippen molar-refractivity contribution in [2.45, 2.75) is 0 Å². The van der Waals surface area contributed by atoms with Crippen molar-refractivity contribution < 1.29 is 16.5 Å². The summed E-state index contributed by atoms with van der Waals surface area (Å²) in [5.74, 6) is -0.141. The van der Waals surface area contributed by atoms with E-state index in [0.717, 1.165) is 0 Å². The largest absolute Gasteiger partial charge is 0.488 e. The minimum absolute atomic E-state index is 0.141. The standard InChI is InChI=1S/C6H6FNO3S/c7-12(9,10)11-6-3-1-2-5(8)4-6/h1-4H,8H2. The number of rotatable bonds is 2. The van der Waals surface area contributed by atoms with Gasteiger partial charge in [-0.2, -0.15) is 8.42 Å². The predicted octanol–water partition coefficient (Wildman–Crippen LogP) is 0.862. The molecule has 0 heterocycles. The van der Waals surface area contributed by atoms with E-state index < -0.39 is 10.5 Å². The van der Waals surface area contributed by atoms with Gasteiger partial charge in [0.1, 0.15) is 5.75 Å². The number of hydrogen-bond donors (Lipinski definition) is 1. The summed E-state index contributed by atoms with van der Waals surface area (Å²) in [5.41, 5.74) is 5.58. The van der Waals surface area contributed by atoms with Crippen molar-refractivity contribution in [3.05, 3.63) is 24.3 Å². The number of nitrogens with two attached hydrogens (primary N) is 1. The second kappa shape index (κ2) is 2.98. The molecule has 0 unspecified atom stereocenters. The first-order valence-corrected chi connectivity index (χ1v) is 4.28. The zero-order valence-corrected chi connectivity index (χ0v) is 6.71. The summed E-state index contributed by atoms with van der Waals surface area (Å²) >= 11 is 0. The molecule has 0 aliphatic rings. The molecule has 1 aromatic carbocycles. The van der Waals surface area contributed by atoms with Crippen LogP contribution in [-0.2, 0) is 10.5 Å². The lowest BCUT2D eigenvalue weighted by atomic mass is 10.3. The highest BCUT2D eigenvalue weighted by Gasteiger charge is 2.08. The molecule has 0 spiro atoms. The molecule has 0 saturated heterocycles. The van der Waals surface area contributed by atoms with Crippen molar-refractivity contribution in [2.24, 2.45) is 0 Å². The highest BCUT2D eigenvalue weighted by atomic mass is 32.3. The lowest BCUT2D eigenvalue weighted by molar-refractivity contribution is 0.440. The van der Waals surface area contributed by atoms with Gasteiger partial charge in [0, 0.05) is 11.8 Å². The van der Waals surface area contributed by atoms with E-state index in [1.807, 2.05) is 0 Å². The molecule has 6 heteroatoms. The van der Waals surface area contributed by atoms with Crippen molar-refractivity contribution in [2.75, 3.05) is 5.73 Å². The third-order valence-electron chi connectivity index (χ3n) is 1.05. The van der Waals surface area contributed by atoms with Crippen molar-refractivity contribution in [3.63, 3.8) is 0 Å². The van der Waals surface area contributed by atoms with Gasteiger partial charge in [-0.25, -0.2) is 0 Å². The van der Waals surface area contributed by atoms with Crippen molar-refractivity contribution in [1.82, 2.24) is 0 Å². The minimum Gasteiger partial charge on any atom is -0.399 e. The molecule has 0 atom stereocenters. The van der Waals surface area contributed by atoms with E-state index in [-0.39, 0.29) is 5.75 Å². The van der Waals surface area contributed by atoms with Crippen LogP contribution in [0, 0.1) is 0 Å². The molecule has 12 heavy (non-hydrogen) atoms. The van der Waals surface area contributed by atoms with Crippen LogP contribution in [0.4, 0.5) is 9.57 Å². The van der Waals surface area contributed by atoms with E-state index in [2.05, 4.69) is 4.18 Å². The van der Waals surface area contributed by atoms with Gasteiger partial charge in [0.05, 0.1) is 0 Å². The first-order chi connectivity index (χ1) is 5.47. The predicted molar refractivity (Wildman–Crippen MR) is 41.5 cm³/mol. The molecule has 1 rings (SSSR count). The normalized spacial score (nSPS) is 11.1. The van der Waals surface area contributed by atoms with Crippen LogP contribution in [0.2, 0.25) is 0 Å². The molecule has 1 aromatic rings. The molecule has 0 aliphatic heterocycles. The number of anilines is 1. The topological polar surface area (TPSA) is 69.4 Å². The van der Waals surface area contributed by atoms with Gasteiger partial charge in [0.25, 0.3) is 0 Å². The smallest absolute Gasteiger partial charge is 0.399 e. The third kappa shape index (κ3) is 2.75. The molecule has 0 saturated carbocycles. The van der Waals surface area contributed by atoms with Crippen LogP contribution in [0.15, 0.2) is 24.3 Å². The first kappa shape index (κ1) is 8.79. The molecule has 0 amide bonds. The van der Waals surface area contributed by atoms with E-state index in [0.29, 0.717) is 5.69 Å². The van der Waals surface area contributed by atoms with Crippen LogP contribution >= 0.6 is 0 Å². The average molecular weight is 191 g/mol. The first-order valence-electron chi connectivity index (χ1n) is 2.97. The summed E-state index contributed by atoms with van der Waals surface area (Å²) in [5, 5.41) is 0. The van der Waals surface area contributed by atoms with Crippen LogP contribution in [0.25, 0.3) is 0 Å². The quantitative estimate of drug-likeness (QED) is 0.556. The van der Waals surface area contributed by atoms with E-state index in [1.165, 1.54) is 24.3 Å². The zero-order valence-electron chi connectivity index (χ0n) is 5.90. The van der Waals surface area contributed by atoms with Crippen molar-refractivity contribution >= 4 is 16.2 Å². The van der Waals surface area contributed by atoms with Crippen LogP contribution in [0.5, 0.6) is 5.75 Å². The number of hydrogen-bond acceptors (Lipinski definition) is 4. The third-order valence-corrected chi connectivity index (χ3v) is 1.45. The molecule has 2 N–H and O–H groups in total. The zero-order chi connectivity index (χ0) is 9.19. The fraction of sp³-hybridized carbons (Fsp3) is 0. The highest BCUT2D eigenvalue weighted by molar-refractivity contribution is 7.81. The number of nitrogen functional groups attached to an aromatic ring is 1.